The molecule has 25 nitrogen and oxygen atoms in total. The summed E-state index contributed by atoms with van der Waals surface area (Å²) in [7, 11) is 0. The van der Waals surface area contributed by atoms with Crippen LogP contribution < -0.4 is 14.9 Å². The molecule has 5 heterocycles. The van der Waals surface area contributed by atoms with E-state index in [1.807, 2.05) is 0 Å². The number of benzene rings is 2. The van der Waals surface area contributed by atoms with Crippen LogP contribution in [-0.2, 0) is 28.4 Å². The molecule has 0 unspecified atom stereocenters. The van der Waals surface area contributed by atoms with Gasteiger partial charge < -0.3 is 119 Å². The van der Waals surface area contributed by atoms with Crippen molar-refractivity contribution in [1.82, 2.24) is 0 Å². The van der Waals surface area contributed by atoms with E-state index in [1.54, 1.807) is 0 Å². The van der Waals surface area contributed by atoms with E-state index in [2.05, 4.69) is 0 Å². The van der Waals surface area contributed by atoms with Crippen molar-refractivity contribution < 1.29 is 119 Å². The van der Waals surface area contributed by atoms with Gasteiger partial charge in [0.25, 0.3) is 0 Å². The predicted octanol–water partition coefficient (Wildman–Crippen LogP) is -5.36. The first kappa shape index (κ1) is 47.9. The first-order valence-electron chi connectivity index (χ1n) is 19.9. The highest BCUT2D eigenvalue weighted by molar-refractivity contribution is 5.88. The first-order valence-corrected chi connectivity index (χ1v) is 19.9. The number of hydrogen-bond acceptors (Lipinski definition) is 25. The molecule has 0 saturated carbocycles. The second-order valence-electron chi connectivity index (χ2n) is 15.9. The van der Waals surface area contributed by atoms with Crippen molar-refractivity contribution >= 4 is 11.0 Å². The fourth-order valence-electron chi connectivity index (χ4n) is 7.61. The molecule has 0 spiro atoms. The molecule has 4 aliphatic rings. The van der Waals surface area contributed by atoms with E-state index in [0.717, 1.165) is 30.3 Å². The molecule has 356 valence electrons. The van der Waals surface area contributed by atoms with Crippen molar-refractivity contribution in [2.45, 2.75) is 137 Å². The van der Waals surface area contributed by atoms with Crippen molar-refractivity contribution in [1.29, 1.82) is 0 Å². The molecule has 4 fully saturated rings. The van der Waals surface area contributed by atoms with Crippen LogP contribution in [0.1, 0.15) is 13.8 Å². The minimum absolute atomic E-state index is 0.187. The maximum atomic E-state index is 14.5. The van der Waals surface area contributed by atoms with Crippen LogP contribution >= 0.6 is 0 Å². The number of aromatic hydroxyl groups is 3. The van der Waals surface area contributed by atoms with E-state index in [9.17, 15) is 81.4 Å². The molecule has 0 amide bonds. The Hall–Kier alpha value is -4.07. The van der Waals surface area contributed by atoms with Gasteiger partial charge in [0, 0.05) is 17.7 Å². The summed E-state index contributed by atoms with van der Waals surface area (Å²) in [6.07, 6.45) is -34.6. The van der Waals surface area contributed by atoms with E-state index >= 15 is 0 Å². The summed E-state index contributed by atoms with van der Waals surface area (Å²) in [5.41, 5.74) is -1.85. The van der Waals surface area contributed by atoms with Crippen LogP contribution in [-0.4, -0.2) is 213 Å². The molecule has 1 aromatic heterocycles. The normalized spacial score (nSPS) is 40.6. The summed E-state index contributed by atoms with van der Waals surface area (Å²) >= 11 is 0. The predicted molar refractivity (Wildman–Crippen MR) is 204 cm³/mol. The number of phenolic OH excluding ortho intramolecular Hbond substituents is 3. The van der Waals surface area contributed by atoms with Crippen LogP contribution in [0.4, 0.5) is 0 Å². The highest BCUT2D eigenvalue weighted by Gasteiger charge is 2.52. The van der Waals surface area contributed by atoms with Crippen molar-refractivity contribution in [3.63, 3.8) is 0 Å². The number of ether oxygens (including phenoxy) is 8. The Labute approximate surface area is 360 Å². The summed E-state index contributed by atoms with van der Waals surface area (Å²) < 4.78 is 51.5. The first-order chi connectivity index (χ1) is 30.2. The summed E-state index contributed by atoms with van der Waals surface area (Å²) in [4.78, 5) is 14.5. The highest BCUT2D eigenvalue weighted by atomic mass is 16.8. The fourth-order valence-corrected chi connectivity index (χ4v) is 7.61. The lowest BCUT2D eigenvalue weighted by molar-refractivity contribution is -0.360. The lowest BCUT2D eigenvalue weighted by Gasteiger charge is -2.46. The molecule has 2 aromatic carbocycles. The average Bonchev–Trinajstić information content (AvgIpc) is 3.26. The number of aliphatic hydroxyl groups is 12. The van der Waals surface area contributed by atoms with E-state index < -0.39 is 181 Å². The molecule has 4 saturated heterocycles. The van der Waals surface area contributed by atoms with Gasteiger partial charge in [0.15, 0.2) is 35.9 Å². The van der Waals surface area contributed by atoms with Crippen LogP contribution in [0.25, 0.3) is 22.3 Å². The Morgan fingerprint density at radius 3 is 1.78 bits per heavy atom. The minimum Gasteiger partial charge on any atom is -0.507 e. The zero-order valence-corrected chi connectivity index (χ0v) is 33.6. The minimum atomic E-state index is -2.12. The zero-order valence-electron chi connectivity index (χ0n) is 33.6. The molecule has 25 heteroatoms. The SMILES string of the molecule is C[C@@H]1O[C@@H](O[C@H]2[C@H](Oc3c(-c4ccc(O)c(O)c4)oc4cc(O[C@H]5O[C@@H](CO)[C@H](O)[C@H](O)[C@@H]5O)cc(O)c4c3=O)O[C@H](CO[C@@H]3O[C@@H](C)[C@H](O)[C@H](O)[C@H]3O)[C@@H](O)[C@H]2O)[C@@H](O)[C@@H](O)[C@H]1O. The third-order valence-corrected chi connectivity index (χ3v) is 11.5. The maximum absolute atomic E-state index is 14.5. The molecule has 64 heavy (non-hydrogen) atoms. The highest BCUT2D eigenvalue weighted by Crippen LogP contribution is 2.41. The largest absolute Gasteiger partial charge is 0.507 e. The third kappa shape index (κ3) is 9.06. The van der Waals surface area contributed by atoms with E-state index in [4.69, 9.17) is 42.3 Å². The Morgan fingerprint density at radius 1 is 0.562 bits per heavy atom. The van der Waals surface area contributed by atoms with Gasteiger partial charge in [-0.25, -0.2) is 0 Å². The van der Waals surface area contributed by atoms with Gasteiger partial charge in [0.1, 0.15) is 102 Å². The monoisotopic (exact) mass is 918 g/mol. The molecule has 3 aromatic rings. The van der Waals surface area contributed by atoms with E-state index in [-0.39, 0.29) is 11.3 Å². The molecule has 0 aliphatic carbocycles. The van der Waals surface area contributed by atoms with Gasteiger partial charge in [-0.15, -0.1) is 0 Å². The standard InChI is InChI=1S/C39H50O25/c1-10-21(44)26(49)30(53)36(57-10)56-9-19-24(47)29(52)35(64-37-31(54)27(50)22(45)11(2)58-37)39(62-19)63-34-25(48)20-16(43)6-13(59-38-32(55)28(51)23(46)18(8-40)61-38)7-17(20)60-33(34)12-3-4-14(41)15(42)5-12/h3-7,10-11,18-19,21-24,26-32,35-47,49-55H,8-9H2,1-2H3/t10-,11-,18-,19+,21-,22-,23-,24+,26-,27-,28-,29+,30+,31-,32-,35+,36+,37-,38-,39-/m0/s1. The molecule has 4 aliphatic heterocycles. The second-order valence-corrected chi connectivity index (χ2v) is 15.9. The summed E-state index contributed by atoms with van der Waals surface area (Å²) in [5.74, 6) is -3.98. The van der Waals surface area contributed by atoms with Crippen molar-refractivity contribution in [2.75, 3.05) is 13.2 Å². The molecular formula is C39H50O25. The molecule has 0 bridgehead atoms. The number of rotatable bonds is 11. The van der Waals surface area contributed by atoms with Crippen LogP contribution in [0.3, 0.4) is 0 Å². The Bertz CT molecular complexity index is 2150. The third-order valence-electron chi connectivity index (χ3n) is 11.5. The van der Waals surface area contributed by atoms with Crippen molar-refractivity contribution in [2.24, 2.45) is 0 Å². The molecule has 15 N–H and O–H groups in total. The Balaban J connectivity index is 1.28. The smallest absolute Gasteiger partial charge is 0.239 e. The van der Waals surface area contributed by atoms with Gasteiger partial charge in [0.2, 0.25) is 23.8 Å². The lowest BCUT2D eigenvalue weighted by Crippen LogP contribution is -2.65. The quantitative estimate of drug-likeness (QED) is 0.0798. The van der Waals surface area contributed by atoms with E-state index in [1.165, 1.54) is 13.8 Å². The zero-order chi connectivity index (χ0) is 46.6. The summed E-state index contributed by atoms with van der Waals surface area (Å²) in [5, 5.41) is 157. The van der Waals surface area contributed by atoms with Gasteiger partial charge in [0.05, 0.1) is 25.4 Å². The fraction of sp³-hybridized carbons (Fsp3) is 0.615. The molecule has 0 radical (unpaired) electrons. The van der Waals surface area contributed by atoms with Crippen LogP contribution in [0.2, 0.25) is 0 Å². The van der Waals surface area contributed by atoms with Gasteiger partial charge in [-0.1, -0.05) is 0 Å². The van der Waals surface area contributed by atoms with Crippen LogP contribution in [0.5, 0.6) is 28.7 Å². The number of hydrogen-bond donors (Lipinski definition) is 15. The molecule has 20 atom stereocenters. The Kier molecular flexibility index (Phi) is 14.2. The second kappa shape index (κ2) is 19.0. The van der Waals surface area contributed by atoms with Crippen LogP contribution in [0.15, 0.2) is 39.5 Å². The van der Waals surface area contributed by atoms with Gasteiger partial charge >= 0.3 is 0 Å². The average molecular weight is 919 g/mol. The van der Waals surface area contributed by atoms with Gasteiger partial charge in [-0.3, -0.25) is 4.79 Å². The van der Waals surface area contributed by atoms with Gasteiger partial charge in [-0.2, -0.15) is 0 Å². The van der Waals surface area contributed by atoms with Crippen LogP contribution in [0, 0.1) is 0 Å². The molecular weight excluding hydrogens is 868 g/mol. The number of fused-ring (bicyclic) bond motifs is 1. The lowest BCUT2D eigenvalue weighted by atomic mass is 9.97. The van der Waals surface area contributed by atoms with Gasteiger partial charge in [-0.05, 0) is 32.0 Å². The Morgan fingerprint density at radius 2 is 1.14 bits per heavy atom. The number of aliphatic hydroxyl groups excluding tert-OH is 12. The number of phenols is 3. The van der Waals surface area contributed by atoms with E-state index in [0.29, 0.717) is 0 Å². The van der Waals surface area contributed by atoms with Crippen molar-refractivity contribution in [3.05, 3.63) is 40.6 Å². The maximum Gasteiger partial charge on any atom is 0.239 e. The summed E-state index contributed by atoms with van der Waals surface area (Å²) in [6.45, 7) is 1.16. The van der Waals surface area contributed by atoms with Crippen molar-refractivity contribution in [3.8, 4) is 40.1 Å². The molecule has 7 rings (SSSR count). The summed E-state index contributed by atoms with van der Waals surface area (Å²) in [6, 6.07) is 5.00. The topological polar surface area (TPSA) is 408 Å².